The lowest BCUT2D eigenvalue weighted by Crippen LogP contribution is -2.53. The van der Waals surface area contributed by atoms with Gasteiger partial charge in [-0.15, -0.1) is 12.4 Å². The van der Waals surface area contributed by atoms with Gasteiger partial charge in [0.15, 0.2) is 0 Å². The maximum absolute atomic E-state index is 14.0. The molecule has 32 heavy (non-hydrogen) atoms. The molecule has 0 amide bonds. The van der Waals surface area contributed by atoms with Crippen molar-refractivity contribution in [1.29, 1.82) is 0 Å². The number of aromatic hydroxyl groups is 1. The van der Waals surface area contributed by atoms with E-state index < -0.39 is 28.8 Å². The SMILES string of the molecule is CCOC(=O)c1[nH]c2c(c1C(F)(F)F)CC1CN(CC)CCC1(c1cccc(O)c1)C2.Cl. The number of H-pyrrole nitrogens is 1. The third-order valence-corrected chi connectivity index (χ3v) is 6.90. The van der Waals surface area contributed by atoms with Crippen molar-refractivity contribution < 1.29 is 27.8 Å². The standard InChI is InChI=1S/C23H27F3N2O3.ClH/c1-3-28-9-8-22(14-6-5-7-16(29)10-14)12-18-17(11-15(22)13-28)19(23(24,25)26)20(27-18)21(30)31-4-2;/h5-7,10,15,27,29H,3-4,8-9,11-13H2,1-2H3;1H. The van der Waals surface area contributed by atoms with Crippen LogP contribution in [0.1, 0.15) is 53.1 Å². The summed E-state index contributed by atoms with van der Waals surface area (Å²) < 4.78 is 47.0. The summed E-state index contributed by atoms with van der Waals surface area (Å²) in [5, 5.41) is 10.1. The second-order valence-electron chi connectivity index (χ2n) is 8.48. The predicted octanol–water partition coefficient (Wildman–Crippen LogP) is 4.72. The molecular formula is C23H28ClF3N2O3. The summed E-state index contributed by atoms with van der Waals surface area (Å²) in [5.41, 5.74) is -0.249. The maximum Gasteiger partial charge on any atom is 0.419 e. The van der Waals surface area contributed by atoms with Crippen LogP contribution in [0.15, 0.2) is 24.3 Å². The number of ether oxygens (including phenoxy) is 1. The van der Waals surface area contributed by atoms with Gasteiger partial charge in [0.25, 0.3) is 0 Å². The molecule has 1 aliphatic heterocycles. The number of aromatic nitrogens is 1. The topological polar surface area (TPSA) is 65.6 Å². The molecule has 5 nitrogen and oxygen atoms in total. The van der Waals surface area contributed by atoms with Crippen molar-refractivity contribution in [1.82, 2.24) is 9.88 Å². The number of hydrogen-bond donors (Lipinski definition) is 2. The van der Waals surface area contributed by atoms with E-state index in [2.05, 4.69) is 9.88 Å². The fourth-order valence-corrected chi connectivity index (χ4v) is 5.41. The minimum atomic E-state index is -4.66. The molecule has 0 radical (unpaired) electrons. The number of hydrogen-bond acceptors (Lipinski definition) is 4. The lowest BCUT2D eigenvalue weighted by Gasteiger charge is -2.51. The number of likely N-dealkylation sites (tertiary alicyclic amines) is 1. The molecule has 1 aromatic heterocycles. The number of benzene rings is 1. The van der Waals surface area contributed by atoms with Gasteiger partial charge in [-0.1, -0.05) is 19.1 Å². The predicted molar refractivity (Wildman–Crippen MR) is 116 cm³/mol. The van der Waals surface area contributed by atoms with Crippen LogP contribution < -0.4 is 0 Å². The first-order valence-corrected chi connectivity index (χ1v) is 10.7. The van der Waals surface area contributed by atoms with Gasteiger partial charge in [-0.05, 0) is 68.5 Å². The summed E-state index contributed by atoms with van der Waals surface area (Å²) in [6.07, 6.45) is -3.32. The molecule has 9 heteroatoms. The van der Waals surface area contributed by atoms with Gasteiger partial charge >= 0.3 is 12.1 Å². The molecule has 2 N–H and O–H groups in total. The number of piperidine rings is 1. The zero-order valence-electron chi connectivity index (χ0n) is 18.1. The summed E-state index contributed by atoms with van der Waals surface area (Å²) >= 11 is 0. The van der Waals surface area contributed by atoms with Crippen molar-refractivity contribution in [3.05, 3.63) is 52.3 Å². The fraction of sp³-hybridized carbons (Fsp3) is 0.522. The molecule has 1 fully saturated rings. The van der Waals surface area contributed by atoms with Crippen LogP contribution in [0, 0.1) is 5.92 Å². The molecule has 1 aliphatic carbocycles. The zero-order chi connectivity index (χ0) is 22.4. The van der Waals surface area contributed by atoms with E-state index in [4.69, 9.17) is 4.74 Å². The van der Waals surface area contributed by atoms with E-state index in [1.54, 1.807) is 25.1 Å². The lowest BCUT2D eigenvalue weighted by molar-refractivity contribution is -0.138. The van der Waals surface area contributed by atoms with Crippen molar-refractivity contribution in [3.8, 4) is 5.75 Å². The molecule has 176 valence electrons. The van der Waals surface area contributed by atoms with Crippen LogP contribution in [0.3, 0.4) is 0 Å². The van der Waals surface area contributed by atoms with E-state index in [9.17, 15) is 23.1 Å². The number of phenols is 1. The van der Waals surface area contributed by atoms with Gasteiger partial charge in [-0.3, -0.25) is 0 Å². The van der Waals surface area contributed by atoms with Crippen LogP contribution in [0.5, 0.6) is 5.75 Å². The fourth-order valence-electron chi connectivity index (χ4n) is 5.41. The Labute approximate surface area is 191 Å². The van der Waals surface area contributed by atoms with Gasteiger partial charge < -0.3 is 19.7 Å². The van der Waals surface area contributed by atoms with Crippen LogP contribution in [0.2, 0.25) is 0 Å². The summed E-state index contributed by atoms with van der Waals surface area (Å²) in [7, 11) is 0. The summed E-state index contributed by atoms with van der Waals surface area (Å²) in [4.78, 5) is 17.4. The van der Waals surface area contributed by atoms with Gasteiger partial charge in [0, 0.05) is 17.7 Å². The van der Waals surface area contributed by atoms with Crippen molar-refractivity contribution in [3.63, 3.8) is 0 Å². The van der Waals surface area contributed by atoms with Gasteiger partial charge in [0.1, 0.15) is 11.4 Å². The Kier molecular flexibility index (Phi) is 6.86. The Balaban J connectivity index is 0.00000289. The van der Waals surface area contributed by atoms with Crippen LogP contribution in [0.25, 0.3) is 0 Å². The van der Waals surface area contributed by atoms with Gasteiger partial charge in [0.05, 0.1) is 12.2 Å². The molecule has 2 heterocycles. The summed E-state index contributed by atoms with van der Waals surface area (Å²) in [5.74, 6) is -0.903. The number of phenolic OH excluding ortho intramolecular Hbond substituents is 1. The molecule has 0 spiro atoms. The second kappa shape index (κ2) is 8.98. The lowest BCUT2D eigenvalue weighted by atomic mass is 9.58. The van der Waals surface area contributed by atoms with Crippen LogP contribution in [0.4, 0.5) is 13.2 Å². The van der Waals surface area contributed by atoms with Gasteiger partial charge in [-0.25, -0.2) is 4.79 Å². The van der Waals surface area contributed by atoms with E-state index in [1.807, 2.05) is 13.0 Å². The number of carbonyl (C=O) groups is 1. The maximum atomic E-state index is 14.0. The first-order valence-electron chi connectivity index (χ1n) is 10.7. The molecule has 2 atom stereocenters. The molecular weight excluding hydrogens is 445 g/mol. The third-order valence-electron chi connectivity index (χ3n) is 6.90. The average molecular weight is 473 g/mol. The number of alkyl halides is 3. The number of fused-ring (bicyclic) bond motifs is 2. The first-order chi connectivity index (χ1) is 14.7. The van der Waals surface area contributed by atoms with E-state index in [0.717, 1.165) is 25.1 Å². The minimum Gasteiger partial charge on any atom is -0.508 e. The van der Waals surface area contributed by atoms with E-state index in [1.165, 1.54) is 0 Å². The Hall–Kier alpha value is -2.19. The summed E-state index contributed by atoms with van der Waals surface area (Å²) in [6, 6.07) is 7.04. The monoisotopic (exact) mass is 472 g/mol. The third kappa shape index (κ3) is 4.10. The van der Waals surface area contributed by atoms with Crippen molar-refractivity contribution in [2.45, 2.75) is 44.7 Å². The number of rotatable bonds is 4. The Bertz CT molecular complexity index is 991. The van der Waals surface area contributed by atoms with Crippen molar-refractivity contribution >= 4 is 18.4 Å². The molecule has 0 saturated carbocycles. The highest BCUT2D eigenvalue weighted by Crippen LogP contribution is 2.51. The normalized spacial score (nSPS) is 23.1. The minimum absolute atomic E-state index is 0. The first kappa shape index (κ1) is 24.5. The molecule has 4 rings (SSSR count). The molecule has 2 unspecified atom stereocenters. The highest BCUT2D eigenvalue weighted by molar-refractivity contribution is 5.90. The molecule has 1 saturated heterocycles. The number of aromatic amines is 1. The second-order valence-corrected chi connectivity index (χ2v) is 8.48. The number of nitrogens with one attached hydrogen (secondary N) is 1. The number of esters is 1. The number of carbonyl (C=O) groups excluding carboxylic acids is 1. The van der Waals surface area contributed by atoms with Crippen LogP contribution in [-0.2, 0) is 29.2 Å². The average Bonchev–Trinajstić information content (AvgIpc) is 3.10. The zero-order valence-corrected chi connectivity index (χ0v) is 18.9. The highest BCUT2D eigenvalue weighted by atomic mass is 35.5. The Morgan fingerprint density at radius 1 is 1.34 bits per heavy atom. The quantitative estimate of drug-likeness (QED) is 0.632. The highest BCUT2D eigenvalue weighted by Gasteiger charge is 2.51. The van der Waals surface area contributed by atoms with Crippen molar-refractivity contribution in [2.75, 3.05) is 26.2 Å². The number of nitrogens with zero attached hydrogens (tertiary/aromatic N) is 1. The van der Waals surface area contributed by atoms with Gasteiger partial charge in [0.2, 0.25) is 0 Å². The van der Waals surface area contributed by atoms with E-state index >= 15 is 0 Å². The van der Waals surface area contributed by atoms with Gasteiger partial charge in [-0.2, -0.15) is 13.2 Å². The molecule has 0 bridgehead atoms. The Morgan fingerprint density at radius 2 is 2.09 bits per heavy atom. The van der Waals surface area contributed by atoms with E-state index in [0.29, 0.717) is 18.7 Å². The largest absolute Gasteiger partial charge is 0.508 e. The molecule has 2 aromatic rings. The Morgan fingerprint density at radius 3 is 2.72 bits per heavy atom. The molecule has 2 aliphatic rings. The number of halogens is 4. The smallest absolute Gasteiger partial charge is 0.419 e. The molecule has 1 aromatic carbocycles. The van der Waals surface area contributed by atoms with Crippen LogP contribution >= 0.6 is 12.4 Å². The summed E-state index contributed by atoms with van der Waals surface area (Å²) in [6.45, 7) is 5.94. The van der Waals surface area contributed by atoms with Crippen molar-refractivity contribution in [2.24, 2.45) is 5.92 Å². The van der Waals surface area contributed by atoms with Crippen LogP contribution in [-0.4, -0.2) is 47.2 Å². The van der Waals surface area contributed by atoms with E-state index in [-0.39, 0.29) is 42.7 Å².